The van der Waals surface area contributed by atoms with E-state index in [9.17, 15) is 13.2 Å². The van der Waals surface area contributed by atoms with Crippen LogP contribution in [0, 0.1) is 0 Å². The van der Waals surface area contributed by atoms with Crippen molar-refractivity contribution in [2.24, 2.45) is 5.14 Å². The molecule has 29 heavy (non-hydrogen) atoms. The molecule has 3 aromatic rings. The van der Waals surface area contributed by atoms with E-state index < -0.39 is 15.3 Å². The van der Waals surface area contributed by atoms with E-state index in [2.05, 4.69) is 10.3 Å². The van der Waals surface area contributed by atoms with Gasteiger partial charge in [0.2, 0.25) is 15.9 Å². The van der Waals surface area contributed by atoms with Gasteiger partial charge in [0.25, 0.3) is 0 Å². The zero-order valence-electron chi connectivity index (χ0n) is 15.5. The number of nitrogens with one attached hydrogen (secondary N) is 1. The van der Waals surface area contributed by atoms with Crippen LogP contribution in [-0.2, 0) is 21.4 Å². The topological polar surface area (TPSA) is 107 Å². The number of benzene rings is 2. The van der Waals surface area contributed by atoms with Crippen molar-refractivity contribution in [2.75, 3.05) is 5.32 Å². The Kier molecular flexibility index (Phi) is 6.45. The van der Waals surface area contributed by atoms with E-state index in [1.807, 2.05) is 11.5 Å². The Morgan fingerprint density at radius 3 is 2.66 bits per heavy atom. The van der Waals surface area contributed by atoms with Crippen LogP contribution in [0.2, 0.25) is 10.0 Å². The Labute approximate surface area is 182 Å². The maximum atomic E-state index is 12.6. The number of halogens is 2. The zero-order chi connectivity index (χ0) is 21.3. The fourth-order valence-corrected chi connectivity index (χ4v) is 4.56. The van der Waals surface area contributed by atoms with Crippen molar-refractivity contribution in [3.8, 4) is 0 Å². The molecule has 0 spiro atoms. The average Bonchev–Trinajstić information content (AvgIpc) is 2.99. The van der Waals surface area contributed by atoms with Crippen LogP contribution in [0.1, 0.15) is 13.8 Å². The van der Waals surface area contributed by atoms with E-state index in [-0.39, 0.29) is 10.8 Å². The Hall–Kier alpha value is -1.78. The van der Waals surface area contributed by atoms with Crippen molar-refractivity contribution < 1.29 is 13.2 Å². The number of hydrogen-bond donors (Lipinski definition) is 2. The molecule has 7 nitrogen and oxygen atoms in total. The lowest BCUT2D eigenvalue weighted by molar-refractivity contribution is -0.115. The van der Waals surface area contributed by atoms with E-state index in [4.69, 9.17) is 28.3 Å². The van der Waals surface area contributed by atoms with E-state index in [1.165, 1.54) is 23.9 Å². The highest BCUT2D eigenvalue weighted by molar-refractivity contribution is 8.00. The third-order valence-electron chi connectivity index (χ3n) is 4.17. The summed E-state index contributed by atoms with van der Waals surface area (Å²) in [6.45, 7) is 4.28. The summed E-state index contributed by atoms with van der Waals surface area (Å²) in [7, 11) is -3.83. The molecule has 2 aromatic carbocycles. The Morgan fingerprint density at radius 2 is 2.00 bits per heavy atom. The number of nitrogens with two attached hydrogens (primary N) is 1. The number of thioether (sulfide) groups is 1. The van der Waals surface area contributed by atoms with E-state index in [1.54, 1.807) is 31.2 Å². The monoisotopic (exact) mass is 472 g/mol. The van der Waals surface area contributed by atoms with Gasteiger partial charge in [-0.2, -0.15) is 0 Å². The predicted octanol–water partition coefficient (Wildman–Crippen LogP) is 4.13. The molecule has 3 N–H and O–H groups in total. The summed E-state index contributed by atoms with van der Waals surface area (Å²) in [5.41, 5.74) is 1.68. The summed E-state index contributed by atoms with van der Waals surface area (Å²) >= 11 is 13.3. The fourth-order valence-electron chi connectivity index (χ4n) is 2.70. The quantitative estimate of drug-likeness (QED) is 0.524. The Balaban J connectivity index is 1.86. The Bertz CT molecular complexity index is 1200. The smallest absolute Gasteiger partial charge is 0.238 e. The van der Waals surface area contributed by atoms with Crippen LogP contribution in [0.3, 0.4) is 0 Å². The van der Waals surface area contributed by atoms with Crippen LogP contribution in [0.25, 0.3) is 11.0 Å². The minimum Gasteiger partial charge on any atom is -0.324 e. The summed E-state index contributed by atoms with van der Waals surface area (Å²) in [5, 5.41) is 8.91. The lowest BCUT2D eigenvalue weighted by atomic mass is 10.3. The number of carbonyl (C=O) groups is 1. The van der Waals surface area contributed by atoms with Gasteiger partial charge >= 0.3 is 0 Å². The molecular weight excluding hydrogens is 455 g/mol. The van der Waals surface area contributed by atoms with Crippen molar-refractivity contribution in [1.29, 1.82) is 0 Å². The number of fused-ring (bicyclic) bond motifs is 1. The first-order valence-electron chi connectivity index (χ1n) is 8.55. The molecule has 0 radical (unpaired) electrons. The van der Waals surface area contributed by atoms with Gasteiger partial charge in [-0.05, 0) is 50.2 Å². The number of aryl methyl sites for hydroxylation is 1. The third kappa shape index (κ3) is 4.87. The number of nitrogens with zero attached hydrogens (tertiary/aromatic N) is 2. The minimum absolute atomic E-state index is 0.0105. The molecule has 0 saturated heterocycles. The number of imidazole rings is 1. The van der Waals surface area contributed by atoms with Gasteiger partial charge in [0.05, 0.1) is 31.9 Å². The molecule has 0 saturated carbocycles. The second-order valence-electron chi connectivity index (χ2n) is 6.21. The summed E-state index contributed by atoms with van der Waals surface area (Å²) in [6, 6.07) is 9.35. The SMILES string of the molecule is CCn1c(SC(C)C(=O)Nc2cc(Cl)ccc2Cl)nc2cc(S(N)(=O)=O)ccc21. The molecule has 0 aliphatic carbocycles. The molecule has 0 aliphatic heterocycles. The minimum atomic E-state index is -3.83. The third-order valence-corrected chi connectivity index (χ3v) is 6.73. The summed E-state index contributed by atoms with van der Waals surface area (Å²) < 4.78 is 25.1. The van der Waals surface area contributed by atoms with Crippen LogP contribution in [0.4, 0.5) is 5.69 Å². The molecule has 1 unspecified atom stereocenters. The first-order valence-corrected chi connectivity index (χ1v) is 11.7. The van der Waals surface area contributed by atoms with Gasteiger partial charge in [0, 0.05) is 11.6 Å². The molecule has 1 aromatic heterocycles. The highest BCUT2D eigenvalue weighted by Gasteiger charge is 2.21. The van der Waals surface area contributed by atoms with Gasteiger partial charge in [0.1, 0.15) is 0 Å². The first-order chi connectivity index (χ1) is 13.6. The zero-order valence-corrected chi connectivity index (χ0v) is 18.7. The van der Waals surface area contributed by atoms with Gasteiger partial charge in [-0.25, -0.2) is 18.5 Å². The summed E-state index contributed by atoms with van der Waals surface area (Å²) in [6.07, 6.45) is 0. The van der Waals surface area contributed by atoms with Crippen molar-refractivity contribution in [3.63, 3.8) is 0 Å². The molecule has 3 rings (SSSR count). The van der Waals surface area contributed by atoms with Crippen LogP contribution in [-0.4, -0.2) is 29.1 Å². The number of aromatic nitrogens is 2. The fraction of sp³-hybridized carbons (Fsp3) is 0.222. The molecule has 0 bridgehead atoms. The van der Waals surface area contributed by atoms with Crippen molar-refractivity contribution in [2.45, 2.75) is 35.7 Å². The molecule has 1 heterocycles. The molecule has 0 fully saturated rings. The number of hydrogen-bond acceptors (Lipinski definition) is 5. The van der Waals surface area contributed by atoms with Crippen LogP contribution >= 0.6 is 35.0 Å². The predicted molar refractivity (Wildman–Crippen MR) is 117 cm³/mol. The molecule has 154 valence electrons. The highest BCUT2D eigenvalue weighted by atomic mass is 35.5. The molecule has 1 amide bonds. The number of carbonyl (C=O) groups excluding carboxylic acids is 1. The summed E-state index contributed by atoms with van der Waals surface area (Å²) in [5.74, 6) is -0.265. The van der Waals surface area contributed by atoms with Gasteiger partial charge in [0.15, 0.2) is 5.16 Å². The van der Waals surface area contributed by atoms with Gasteiger partial charge in [-0.1, -0.05) is 35.0 Å². The van der Waals surface area contributed by atoms with Crippen LogP contribution < -0.4 is 10.5 Å². The second kappa shape index (κ2) is 8.53. The average molecular weight is 473 g/mol. The molecule has 11 heteroatoms. The van der Waals surface area contributed by atoms with Crippen LogP contribution in [0.15, 0.2) is 46.5 Å². The van der Waals surface area contributed by atoms with Crippen molar-refractivity contribution in [3.05, 3.63) is 46.4 Å². The first kappa shape index (κ1) is 21.9. The maximum Gasteiger partial charge on any atom is 0.238 e. The normalized spacial score (nSPS) is 12.9. The molecule has 0 aliphatic rings. The van der Waals surface area contributed by atoms with E-state index in [0.717, 1.165) is 5.52 Å². The highest BCUT2D eigenvalue weighted by Crippen LogP contribution is 2.30. The number of rotatable bonds is 6. The number of primary sulfonamides is 1. The maximum absolute atomic E-state index is 12.6. The van der Waals surface area contributed by atoms with Gasteiger partial charge in [-0.15, -0.1) is 0 Å². The molecular formula is C18H18Cl2N4O3S2. The molecule has 1 atom stereocenters. The second-order valence-corrected chi connectivity index (χ2v) is 9.92. The number of amides is 1. The lowest BCUT2D eigenvalue weighted by Gasteiger charge is -2.13. The Morgan fingerprint density at radius 1 is 1.28 bits per heavy atom. The summed E-state index contributed by atoms with van der Waals surface area (Å²) in [4.78, 5) is 17.1. The number of sulfonamides is 1. The number of anilines is 1. The lowest BCUT2D eigenvalue weighted by Crippen LogP contribution is -2.23. The largest absolute Gasteiger partial charge is 0.324 e. The van der Waals surface area contributed by atoms with Crippen LogP contribution in [0.5, 0.6) is 0 Å². The van der Waals surface area contributed by atoms with Crippen molar-refractivity contribution >= 4 is 67.6 Å². The van der Waals surface area contributed by atoms with Gasteiger partial charge < -0.3 is 9.88 Å². The van der Waals surface area contributed by atoms with E-state index in [0.29, 0.717) is 33.0 Å². The van der Waals surface area contributed by atoms with Crippen molar-refractivity contribution in [1.82, 2.24) is 9.55 Å². The van der Waals surface area contributed by atoms with E-state index >= 15 is 0 Å². The standard InChI is InChI=1S/C18H18Cl2N4O3S2/c1-3-24-16-7-5-12(29(21,26)27)9-15(16)23-18(24)28-10(2)17(25)22-14-8-11(19)4-6-13(14)20/h4-10H,3H2,1-2H3,(H,22,25)(H2,21,26,27). The van der Waals surface area contributed by atoms with Gasteiger partial charge in [-0.3, -0.25) is 4.79 Å².